The standard InChI is InChI=1S/C18H18Cl2N2O2S/c19-14-4-2-6-16(17(14)20)25-11-12-3-1-5-15(21-12)18(24)22-9-7-13(23)8-10-22/h1-6,13,23H,7-11H2. The average molecular weight is 397 g/mol. The van der Waals surface area contributed by atoms with Crippen LogP contribution in [0.4, 0.5) is 0 Å². The maximum atomic E-state index is 12.6. The van der Waals surface area contributed by atoms with Crippen LogP contribution in [0, 0.1) is 0 Å². The minimum atomic E-state index is -0.304. The second-order valence-electron chi connectivity index (χ2n) is 5.88. The van der Waals surface area contributed by atoms with Gasteiger partial charge in [0.25, 0.3) is 5.91 Å². The molecule has 1 saturated heterocycles. The maximum absolute atomic E-state index is 12.6. The van der Waals surface area contributed by atoms with Crippen molar-refractivity contribution in [1.29, 1.82) is 0 Å². The molecule has 0 bridgehead atoms. The first-order chi connectivity index (χ1) is 12.0. The molecule has 3 rings (SSSR count). The van der Waals surface area contributed by atoms with Crippen LogP contribution in [0.15, 0.2) is 41.3 Å². The highest BCUT2D eigenvalue weighted by Crippen LogP contribution is 2.34. The summed E-state index contributed by atoms with van der Waals surface area (Å²) in [5.74, 6) is 0.513. The lowest BCUT2D eigenvalue weighted by Crippen LogP contribution is -2.40. The molecule has 2 aromatic rings. The second kappa shape index (κ2) is 8.41. The van der Waals surface area contributed by atoms with Crippen molar-refractivity contribution in [2.45, 2.75) is 29.6 Å². The number of hydrogen-bond donors (Lipinski definition) is 1. The van der Waals surface area contributed by atoms with E-state index < -0.39 is 0 Å². The van der Waals surface area contributed by atoms with Crippen molar-refractivity contribution in [1.82, 2.24) is 9.88 Å². The van der Waals surface area contributed by atoms with Gasteiger partial charge in [-0.2, -0.15) is 0 Å². The van der Waals surface area contributed by atoms with Crippen LogP contribution in [0.5, 0.6) is 0 Å². The summed E-state index contributed by atoms with van der Waals surface area (Å²) in [6.07, 6.45) is 0.936. The van der Waals surface area contributed by atoms with E-state index in [0.29, 0.717) is 47.4 Å². The molecule has 2 heterocycles. The number of aliphatic hydroxyl groups excluding tert-OH is 1. The number of nitrogens with zero attached hydrogens (tertiary/aromatic N) is 2. The zero-order valence-corrected chi connectivity index (χ0v) is 15.8. The number of aromatic nitrogens is 1. The molecule has 1 aliphatic rings. The fraction of sp³-hybridized carbons (Fsp3) is 0.333. The van der Waals surface area contributed by atoms with Crippen LogP contribution in [0.1, 0.15) is 29.0 Å². The molecule has 4 nitrogen and oxygen atoms in total. The number of carbonyl (C=O) groups excluding carboxylic acids is 1. The number of aliphatic hydroxyl groups is 1. The summed E-state index contributed by atoms with van der Waals surface area (Å²) in [6, 6.07) is 11.0. The summed E-state index contributed by atoms with van der Waals surface area (Å²) in [5.41, 5.74) is 1.25. The van der Waals surface area contributed by atoms with E-state index in [9.17, 15) is 9.90 Å². The number of thioether (sulfide) groups is 1. The van der Waals surface area contributed by atoms with Gasteiger partial charge in [0.05, 0.1) is 21.8 Å². The molecule has 132 valence electrons. The van der Waals surface area contributed by atoms with Crippen LogP contribution in [0.25, 0.3) is 0 Å². The molecule has 1 N–H and O–H groups in total. The molecule has 0 aliphatic carbocycles. The van der Waals surface area contributed by atoms with E-state index in [1.807, 2.05) is 24.3 Å². The highest BCUT2D eigenvalue weighted by molar-refractivity contribution is 7.98. The third kappa shape index (κ3) is 4.67. The molecular formula is C18H18Cl2N2O2S. The molecule has 0 saturated carbocycles. The monoisotopic (exact) mass is 396 g/mol. The third-order valence-corrected chi connectivity index (χ3v) is 6.09. The van der Waals surface area contributed by atoms with Crippen LogP contribution < -0.4 is 0 Å². The molecule has 25 heavy (non-hydrogen) atoms. The molecule has 0 radical (unpaired) electrons. The van der Waals surface area contributed by atoms with Crippen LogP contribution in [-0.4, -0.2) is 40.1 Å². The van der Waals surface area contributed by atoms with Crippen molar-refractivity contribution in [3.8, 4) is 0 Å². The zero-order valence-electron chi connectivity index (χ0n) is 13.5. The number of amides is 1. The van der Waals surface area contributed by atoms with Gasteiger partial charge in [-0.05, 0) is 37.1 Å². The molecular weight excluding hydrogens is 379 g/mol. The Morgan fingerprint density at radius 2 is 1.92 bits per heavy atom. The number of likely N-dealkylation sites (tertiary alicyclic amines) is 1. The number of carbonyl (C=O) groups is 1. The first-order valence-electron chi connectivity index (χ1n) is 8.04. The topological polar surface area (TPSA) is 53.4 Å². The Hall–Kier alpha value is -1.27. The predicted octanol–water partition coefficient (Wildman–Crippen LogP) is 4.28. The lowest BCUT2D eigenvalue weighted by atomic mass is 10.1. The highest BCUT2D eigenvalue weighted by atomic mass is 35.5. The minimum absolute atomic E-state index is 0.0838. The second-order valence-corrected chi connectivity index (χ2v) is 7.68. The summed E-state index contributed by atoms with van der Waals surface area (Å²) in [6.45, 7) is 1.14. The van der Waals surface area contributed by atoms with Crippen LogP contribution in [0.3, 0.4) is 0 Å². The average Bonchev–Trinajstić information content (AvgIpc) is 2.63. The highest BCUT2D eigenvalue weighted by Gasteiger charge is 2.23. The summed E-state index contributed by atoms with van der Waals surface area (Å²) >= 11 is 13.8. The van der Waals surface area contributed by atoms with E-state index in [4.69, 9.17) is 23.2 Å². The largest absolute Gasteiger partial charge is 0.393 e. The van der Waals surface area contributed by atoms with Crippen LogP contribution in [-0.2, 0) is 5.75 Å². The first-order valence-corrected chi connectivity index (χ1v) is 9.79. The summed E-state index contributed by atoms with van der Waals surface area (Å²) in [4.78, 5) is 19.7. The van der Waals surface area contributed by atoms with Gasteiger partial charge in [-0.3, -0.25) is 4.79 Å². The van der Waals surface area contributed by atoms with Crippen molar-refractivity contribution in [2.24, 2.45) is 0 Å². The fourth-order valence-corrected chi connectivity index (χ4v) is 4.05. The minimum Gasteiger partial charge on any atom is -0.393 e. The van der Waals surface area contributed by atoms with Gasteiger partial charge >= 0.3 is 0 Å². The Morgan fingerprint density at radius 3 is 2.68 bits per heavy atom. The molecule has 0 spiro atoms. The Morgan fingerprint density at radius 1 is 1.20 bits per heavy atom. The molecule has 0 unspecified atom stereocenters. The Bertz CT molecular complexity index is 764. The first kappa shape index (κ1) is 18.5. The van der Waals surface area contributed by atoms with Crippen LogP contribution >= 0.6 is 35.0 Å². The van der Waals surface area contributed by atoms with E-state index in [1.165, 1.54) is 11.8 Å². The van der Waals surface area contributed by atoms with E-state index in [0.717, 1.165) is 10.6 Å². The Balaban J connectivity index is 1.67. The molecule has 1 aliphatic heterocycles. The molecule has 1 aromatic heterocycles. The number of pyridine rings is 1. The van der Waals surface area contributed by atoms with Crippen molar-refractivity contribution in [2.75, 3.05) is 13.1 Å². The lowest BCUT2D eigenvalue weighted by molar-refractivity contribution is 0.0541. The van der Waals surface area contributed by atoms with Crippen LogP contribution in [0.2, 0.25) is 10.0 Å². The number of rotatable bonds is 4. The molecule has 1 fully saturated rings. The smallest absolute Gasteiger partial charge is 0.272 e. The van der Waals surface area contributed by atoms with Crippen molar-refractivity contribution < 1.29 is 9.90 Å². The summed E-state index contributed by atoms with van der Waals surface area (Å²) < 4.78 is 0. The van der Waals surface area contributed by atoms with Crippen molar-refractivity contribution >= 4 is 40.9 Å². The van der Waals surface area contributed by atoms with Gasteiger partial charge in [-0.25, -0.2) is 4.98 Å². The van der Waals surface area contributed by atoms with Gasteiger partial charge in [-0.15, -0.1) is 11.8 Å². The molecule has 0 atom stereocenters. The van der Waals surface area contributed by atoms with Gasteiger partial charge in [-0.1, -0.05) is 35.3 Å². The normalized spacial score (nSPS) is 15.4. The Kier molecular flexibility index (Phi) is 6.23. The van der Waals surface area contributed by atoms with Gasteiger partial charge in [0, 0.05) is 23.7 Å². The lowest BCUT2D eigenvalue weighted by Gasteiger charge is -2.29. The fourth-order valence-electron chi connectivity index (χ4n) is 2.66. The van der Waals surface area contributed by atoms with E-state index >= 15 is 0 Å². The van der Waals surface area contributed by atoms with Gasteiger partial charge in [0.2, 0.25) is 0 Å². The number of benzene rings is 1. The zero-order chi connectivity index (χ0) is 17.8. The van der Waals surface area contributed by atoms with Gasteiger partial charge in [0.15, 0.2) is 0 Å². The Labute approximate surface area is 161 Å². The predicted molar refractivity (Wildman–Crippen MR) is 101 cm³/mol. The number of piperidine rings is 1. The number of hydrogen-bond acceptors (Lipinski definition) is 4. The molecule has 1 amide bonds. The quantitative estimate of drug-likeness (QED) is 0.783. The molecule has 1 aromatic carbocycles. The molecule has 7 heteroatoms. The van der Waals surface area contributed by atoms with Crippen molar-refractivity contribution in [3.63, 3.8) is 0 Å². The number of halogens is 2. The summed E-state index contributed by atoms with van der Waals surface area (Å²) in [5, 5.41) is 10.6. The van der Waals surface area contributed by atoms with Crippen molar-refractivity contribution in [3.05, 3.63) is 57.8 Å². The van der Waals surface area contributed by atoms with E-state index in [2.05, 4.69) is 4.98 Å². The summed E-state index contributed by atoms with van der Waals surface area (Å²) in [7, 11) is 0. The maximum Gasteiger partial charge on any atom is 0.272 e. The SMILES string of the molecule is O=C(c1cccc(CSc2cccc(Cl)c2Cl)n1)N1CCC(O)CC1. The van der Waals surface area contributed by atoms with Gasteiger partial charge < -0.3 is 10.0 Å². The van der Waals surface area contributed by atoms with E-state index in [-0.39, 0.29) is 12.0 Å². The van der Waals surface area contributed by atoms with E-state index in [1.54, 1.807) is 17.0 Å². The van der Waals surface area contributed by atoms with Gasteiger partial charge in [0.1, 0.15) is 5.69 Å². The third-order valence-electron chi connectivity index (χ3n) is 4.07.